The SMILES string of the molecule is O=C1OCCN1S(=O)(=O)NC1CC1. The van der Waals surface area contributed by atoms with E-state index >= 15 is 0 Å². The molecule has 2 rings (SSSR count). The van der Waals surface area contributed by atoms with Crippen LogP contribution in [0.1, 0.15) is 12.8 Å². The molecule has 1 saturated heterocycles. The monoisotopic (exact) mass is 206 g/mol. The number of rotatable bonds is 3. The van der Waals surface area contributed by atoms with E-state index in [9.17, 15) is 13.2 Å². The minimum Gasteiger partial charge on any atom is -0.447 e. The number of nitrogens with zero attached hydrogens (tertiary/aromatic N) is 1. The second-order valence-corrected chi connectivity index (χ2v) is 4.71. The Morgan fingerprint density at radius 3 is 2.62 bits per heavy atom. The summed E-state index contributed by atoms with van der Waals surface area (Å²) in [5.74, 6) is 0. The van der Waals surface area contributed by atoms with Crippen LogP contribution in [0.25, 0.3) is 0 Å². The average Bonchev–Trinajstić information content (AvgIpc) is 2.69. The Hall–Kier alpha value is -0.820. The molecule has 0 atom stereocenters. The zero-order valence-electron chi connectivity index (χ0n) is 6.89. The first-order valence-electron chi connectivity index (χ1n) is 4.06. The Labute approximate surface area is 76.0 Å². The molecule has 0 unspecified atom stereocenters. The van der Waals surface area contributed by atoms with E-state index in [1.54, 1.807) is 0 Å². The minimum atomic E-state index is -3.64. The number of amides is 1. The van der Waals surface area contributed by atoms with Gasteiger partial charge in [0, 0.05) is 6.04 Å². The number of hydrogen-bond donors (Lipinski definition) is 1. The standard InChI is InChI=1S/C6H10N2O4S/c9-6-8(3-4-12-6)13(10,11)7-5-1-2-5/h5,7H,1-4H2. The quantitative estimate of drug-likeness (QED) is 0.671. The first-order valence-corrected chi connectivity index (χ1v) is 5.50. The molecule has 0 bridgehead atoms. The van der Waals surface area contributed by atoms with Crippen molar-refractivity contribution in [2.75, 3.05) is 13.2 Å². The molecule has 0 aromatic rings. The van der Waals surface area contributed by atoms with Crippen molar-refractivity contribution in [3.63, 3.8) is 0 Å². The molecule has 74 valence electrons. The summed E-state index contributed by atoms with van der Waals surface area (Å²) in [6, 6.07) is 0.0124. The number of ether oxygens (including phenoxy) is 1. The molecule has 1 heterocycles. The molecule has 0 spiro atoms. The van der Waals surface area contributed by atoms with E-state index in [0.29, 0.717) is 0 Å². The molecule has 0 aromatic heterocycles. The van der Waals surface area contributed by atoms with Gasteiger partial charge in [-0.2, -0.15) is 17.4 Å². The van der Waals surface area contributed by atoms with E-state index in [1.165, 1.54) is 0 Å². The van der Waals surface area contributed by atoms with Gasteiger partial charge in [-0.3, -0.25) is 0 Å². The molecule has 6 nitrogen and oxygen atoms in total. The normalized spacial score (nSPS) is 23.4. The van der Waals surface area contributed by atoms with Crippen molar-refractivity contribution in [1.29, 1.82) is 0 Å². The lowest BCUT2D eigenvalue weighted by molar-refractivity contribution is 0.169. The summed E-state index contributed by atoms with van der Waals surface area (Å²) in [5.41, 5.74) is 0. The topological polar surface area (TPSA) is 75.7 Å². The number of cyclic esters (lactones) is 1. The van der Waals surface area contributed by atoms with Crippen molar-refractivity contribution in [3.8, 4) is 0 Å². The number of nitrogens with one attached hydrogen (secondary N) is 1. The molecule has 2 aliphatic rings. The van der Waals surface area contributed by atoms with E-state index in [1.807, 2.05) is 0 Å². The number of carbonyl (C=O) groups excluding carboxylic acids is 1. The van der Waals surface area contributed by atoms with Crippen molar-refractivity contribution in [3.05, 3.63) is 0 Å². The third-order valence-electron chi connectivity index (χ3n) is 1.91. The highest BCUT2D eigenvalue weighted by Crippen LogP contribution is 2.21. The van der Waals surface area contributed by atoms with Gasteiger partial charge >= 0.3 is 16.3 Å². The molecule has 1 N–H and O–H groups in total. The molecular formula is C6H10N2O4S. The maximum Gasteiger partial charge on any atom is 0.424 e. The van der Waals surface area contributed by atoms with Crippen molar-refractivity contribution >= 4 is 16.3 Å². The molecule has 1 aliphatic carbocycles. The second-order valence-electron chi connectivity index (χ2n) is 3.08. The van der Waals surface area contributed by atoms with Gasteiger partial charge in [-0.1, -0.05) is 0 Å². The van der Waals surface area contributed by atoms with Crippen LogP contribution in [0.15, 0.2) is 0 Å². The summed E-state index contributed by atoms with van der Waals surface area (Å²) in [6.07, 6.45) is 0.915. The summed E-state index contributed by atoms with van der Waals surface area (Å²) >= 11 is 0. The number of carbonyl (C=O) groups is 1. The summed E-state index contributed by atoms with van der Waals surface area (Å²) in [6.45, 7) is 0.255. The molecule has 0 radical (unpaired) electrons. The van der Waals surface area contributed by atoms with E-state index in [-0.39, 0.29) is 19.2 Å². The lowest BCUT2D eigenvalue weighted by atomic mass is 10.7. The van der Waals surface area contributed by atoms with E-state index < -0.39 is 16.3 Å². The highest BCUT2D eigenvalue weighted by molar-refractivity contribution is 7.87. The summed E-state index contributed by atoms with van der Waals surface area (Å²) in [4.78, 5) is 10.9. The Morgan fingerprint density at radius 1 is 1.46 bits per heavy atom. The van der Waals surface area contributed by atoms with Crippen LogP contribution in [-0.4, -0.2) is 38.0 Å². The fourth-order valence-corrected chi connectivity index (χ4v) is 2.42. The van der Waals surface area contributed by atoms with E-state index in [2.05, 4.69) is 9.46 Å². The first kappa shape index (κ1) is 8.76. The van der Waals surface area contributed by atoms with Crippen LogP contribution in [0.2, 0.25) is 0 Å². The van der Waals surface area contributed by atoms with Crippen molar-refractivity contribution in [2.24, 2.45) is 0 Å². The Bertz CT molecular complexity index is 322. The zero-order chi connectivity index (χ0) is 9.47. The fourth-order valence-electron chi connectivity index (χ4n) is 1.07. The van der Waals surface area contributed by atoms with E-state index in [4.69, 9.17) is 0 Å². The fraction of sp³-hybridized carbons (Fsp3) is 0.833. The van der Waals surface area contributed by atoms with Crippen LogP contribution in [0.3, 0.4) is 0 Å². The molecule has 13 heavy (non-hydrogen) atoms. The highest BCUT2D eigenvalue weighted by Gasteiger charge is 2.37. The van der Waals surface area contributed by atoms with Gasteiger partial charge in [-0.05, 0) is 12.8 Å². The van der Waals surface area contributed by atoms with Crippen molar-refractivity contribution < 1.29 is 17.9 Å². The van der Waals surface area contributed by atoms with Gasteiger partial charge in [-0.15, -0.1) is 0 Å². The third kappa shape index (κ3) is 1.75. The molecule has 1 saturated carbocycles. The van der Waals surface area contributed by atoms with E-state index in [0.717, 1.165) is 17.1 Å². The molecule has 1 amide bonds. The number of hydrogen-bond acceptors (Lipinski definition) is 4. The van der Waals surface area contributed by atoms with Gasteiger partial charge in [0.1, 0.15) is 6.61 Å². The highest BCUT2D eigenvalue weighted by atomic mass is 32.2. The summed E-state index contributed by atoms with van der Waals surface area (Å²) < 4.78 is 30.5. The van der Waals surface area contributed by atoms with Crippen LogP contribution in [-0.2, 0) is 14.9 Å². The Morgan fingerprint density at radius 2 is 2.15 bits per heavy atom. The lowest BCUT2D eigenvalue weighted by Crippen LogP contribution is -2.42. The van der Waals surface area contributed by atoms with Gasteiger partial charge < -0.3 is 4.74 Å². The van der Waals surface area contributed by atoms with Crippen LogP contribution >= 0.6 is 0 Å². The predicted molar refractivity (Wildman–Crippen MR) is 43.1 cm³/mol. The Balaban J connectivity index is 2.08. The predicted octanol–water partition coefficient (Wildman–Crippen LogP) is -0.565. The van der Waals surface area contributed by atoms with Crippen LogP contribution < -0.4 is 4.72 Å². The van der Waals surface area contributed by atoms with Crippen molar-refractivity contribution in [1.82, 2.24) is 9.03 Å². The molecule has 7 heteroatoms. The largest absolute Gasteiger partial charge is 0.447 e. The van der Waals surface area contributed by atoms with Crippen LogP contribution in [0, 0.1) is 0 Å². The van der Waals surface area contributed by atoms with Gasteiger partial charge in [0.05, 0.1) is 6.54 Å². The molecule has 0 aromatic carbocycles. The smallest absolute Gasteiger partial charge is 0.424 e. The van der Waals surface area contributed by atoms with Gasteiger partial charge in [-0.25, -0.2) is 4.79 Å². The first-order chi connectivity index (χ1) is 6.09. The van der Waals surface area contributed by atoms with Crippen LogP contribution in [0.5, 0.6) is 0 Å². The molecular weight excluding hydrogens is 196 g/mol. The maximum atomic E-state index is 11.4. The van der Waals surface area contributed by atoms with Gasteiger partial charge in [0.2, 0.25) is 0 Å². The van der Waals surface area contributed by atoms with Gasteiger partial charge in [0.15, 0.2) is 0 Å². The summed E-state index contributed by atoms with van der Waals surface area (Å²) in [5, 5.41) is 0. The van der Waals surface area contributed by atoms with Gasteiger partial charge in [0.25, 0.3) is 0 Å². The molecule has 2 fully saturated rings. The maximum absolute atomic E-state index is 11.4. The minimum absolute atomic E-state index is 0.0124. The Kier molecular flexibility index (Phi) is 1.92. The van der Waals surface area contributed by atoms with Crippen LogP contribution in [0.4, 0.5) is 4.79 Å². The van der Waals surface area contributed by atoms with Crippen molar-refractivity contribution in [2.45, 2.75) is 18.9 Å². The average molecular weight is 206 g/mol. The zero-order valence-corrected chi connectivity index (χ0v) is 7.71. The second kappa shape index (κ2) is 2.85. The molecule has 1 aliphatic heterocycles. The lowest BCUT2D eigenvalue weighted by Gasteiger charge is -2.13. The third-order valence-corrected chi connectivity index (χ3v) is 3.45. The summed E-state index contributed by atoms with van der Waals surface area (Å²) in [7, 11) is -3.64.